The van der Waals surface area contributed by atoms with Crippen molar-refractivity contribution in [2.24, 2.45) is 0 Å². The van der Waals surface area contributed by atoms with Crippen molar-refractivity contribution in [3.63, 3.8) is 0 Å². The number of fused-ring (bicyclic) bond motifs is 1. The molecule has 1 aromatic carbocycles. The Morgan fingerprint density at radius 1 is 1.09 bits per heavy atom. The molecule has 0 aliphatic carbocycles. The molecule has 0 spiro atoms. The molecule has 0 saturated carbocycles. The lowest BCUT2D eigenvalue weighted by atomic mass is 9.84. The summed E-state index contributed by atoms with van der Waals surface area (Å²) in [5, 5.41) is 5.18. The monoisotopic (exact) mass is 499 g/mol. The van der Waals surface area contributed by atoms with E-state index in [0.29, 0.717) is 12.5 Å². The largest absolute Gasteiger partial charge is 0.365 e. The van der Waals surface area contributed by atoms with Crippen molar-refractivity contribution in [1.82, 2.24) is 14.9 Å². The number of aromatic nitrogens is 2. The molecule has 2 N–H and O–H groups in total. The number of piperidine rings is 1. The number of hydrogen-bond acceptors (Lipinski definition) is 5. The molecular formula is C20H24F7N5S. The lowest BCUT2D eigenvalue weighted by Gasteiger charge is -2.47. The maximum absolute atomic E-state index is 14.4. The molecule has 13 heteroatoms. The molecular weight excluding hydrogens is 475 g/mol. The van der Waals surface area contributed by atoms with Gasteiger partial charge in [-0.15, -0.1) is 0 Å². The first kappa shape index (κ1) is 23.9. The van der Waals surface area contributed by atoms with Crippen molar-refractivity contribution in [2.45, 2.75) is 62.0 Å². The first-order chi connectivity index (χ1) is 15.0. The van der Waals surface area contributed by atoms with Gasteiger partial charge >= 0.3 is 10.2 Å². The van der Waals surface area contributed by atoms with E-state index < -0.39 is 38.4 Å². The van der Waals surface area contributed by atoms with Gasteiger partial charge in [0.25, 0.3) is 0 Å². The van der Waals surface area contributed by atoms with Crippen molar-refractivity contribution in [3.8, 4) is 0 Å². The maximum Gasteiger partial charge on any atom is 0.310 e. The fourth-order valence-electron chi connectivity index (χ4n) is 4.80. The lowest BCUT2D eigenvalue weighted by Crippen LogP contribution is -2.55. The van der Waals surface area contributed by atoms with Crippen LogP contribution in [0.1, 0.15) is 39.5 Å². The van der Waals surface area contributed by atoms with Crippen LogP contribution in [0.25, 0.3) is 0 Å². The third-order valence-electron chi connectivity index (χ3n) is 6.17. The Balaban J connectivity index is 1.56. The highest BCUT2D eigenvalue weighted by atomic mass is 32.5. The van der Waals surface area contributed by atoms with Crippen LogP contribution < -0.4 is 10.6 Å². The molecule has 2 aromatic rings. The van der Waals surface area contributed by atoms with E-state index in [2.05, 4.69) is 39.3 Å². The highest BCUT2D eigenvalue weighted by Gasteiger charge is 2.65. The van der Waals surface area contributed by atoms with Crippen molar-refractivity contribution >= 4 is 27.7 Å². The van der Waals surface area contributed by atoms with Crippen LogP contribution in [-0.2, 0) is 0 Å². The molecule has 2 aliphatic rings. The molecule has 0 unspecified atom stereocenters. The number of rotatable bonds is 5. The first-order valence-corrected chi connectivity index (χ1v) is 12.3. The van der Waals surface area contributed by atoms with E-state index in [4.69, 9.17) is 0 Å². The fraction of sp³-hybridized carbons (Fsp3) is 0.500. The third-order valence-corrected chi connectivity index (χ3v) is 7.32. The van der Waals surface area contributed by atoms with E-state index in [9.17, 15) is 28.2 Å². The van der Waals surface area contributed by atoms with Crippen LogP contribution in [0, 0.1) is 11.6 Å². The number of benzene rings is 1. The second-order valence-corrected chi connectivity index (χ2v) is 11.6. The summed E-state index contributed by atoms with van der Waals surface area (Å²) in [6, 6.07) is 0.421. The van der Waals surface area contributed by atoms with Gasteiger partial charge in [0.1, 0.15) is 10.7 Å². The van der Waals surface area contributed by atoms with Crippen molar-refractivity contribution < 1.29 is 28.2 Å². The average molecular weight is 500 g/mol. The smallest absolute Gasteiger partial charge is 0.310 e. The predicted octanol–water partition coefficient (Wildman–Crippen LogP) is 6.97. The Kier molecular flexibility index (Phi) is 5.14. The van der Waals surface area contributed by atoms with Gasteiger partial charge in [-0.2, -0.15) is 4.98 Å². The Labute approximate surface area is 186 Å². The van der Waals surface area contributed by atoms with Crippen molar-refractivity contribution in [2.75, 3.05) is 17.2 Å². The molecule has 4 rings (SSSR count). The molecule has 2 saturated heterocycles. The van der Waals surface area contributed by atoms with Crippen LogP contribution in [-0.4, -0.2) is 39.0 Å². The molecule has 0 radical (unpaired) electrons. The second-order valence-electron chi connectivity index (χ2n) is 9.21. The molecule has 33 heavy (non-hydrogen) atoms. The first-order valence-electron chi connectivity index (χ1n) is 10.4. The van der Waals surface area contributed by atoms with Crippen molar-refractivity contribution in [1.29, 1.82) is 0 Å². The van der Waals surface area contributed by atoms with Gasteiger partial charge in [-0.1, -0.05) is 19.4 Å². The Bertz CT molecular complexity index is 1080. The summed E-state index contributed by atoms with van der Waals surface area (Å²) >= 11 is 0. The zero-order chi connectivity index (χ0) is 24.3. The fourth-order valence-corrected chi connectivity index (χ4v) is 5.47. The molecule has 0 amide bonds. The van der Waals surface area contributed by atoms with Crippen LogP contribution in [0.2, 0.25) is 0 Å². The lowest BCUT2D eigenvalue weighted by molar-refractivity contribution is 0.0500. The molecule has 3 heterocycles. The summed E-state index contributed by atoms with van der Waals surface area (Å²) in [5.41, 5.74) is -1.02. The maximum atomic E-state index is 14.4. The second kappa shape index (κ2) is 7.11. The molecule has 2 aliphatic heterocycles. The molecule has 184 valence electrons. The average Bonchev–Trinajstić information content (AvgIpc) is 3.13. The van der Waals surface area contributed by atoms with E-state index in [0.717, 1.165) is 32.0 Å². The van der Waals surface area contributed by atoms with Gasteiger partial charge in [-0.25, -0.2) is 13.8 Å². The van der Waals surface area contributed by atoms with Gasteiger partial charge in [0.15, 0.2) is 11.6 Å². The highest BCUT2D eigenvalue weighted by molar-refractivity contribution is 8.45. The predicted molar refractivity (Wildman–Crippen MR) is 114 cm³/mol. The van der Waals surface area contributed by atoms with E-state index in [-0.39, 0.29) is 35.6 Å². The molecule has 1 aromatic heterocycles. The van der Waals surface area contributed by atoms with E-state index in [1.807, 2.05) is 0 Å². The normalized spacial score (nSPS) is 25.1. The SMILES string of the molecule is CC1(C)C[C@H](Nc2nc(Nc3cc(S(F)(F)(F)(F)F)ccc3F)ncc2F)C[C@@H]2CCCN21. The van der Waals surface area contributed by atoms with E-state index >= 15 is 0 Å². The quantitative estimate of drug-likeness (QED) is 0.435. The zero-order valence-corrected chi connectivity index (χ0v) is 18.7. The number of anilines is 3. The van der Waals surface area contributed by atoms with Gasteiger partial charge in [-0.05, 0) is 64.3 Å². The summed E-state index contributed by atoms with van der Waals surface area (Å²) in [6.45, 7) is 5.22. The third kappa shape index (κ3) is 5.13. The minimum atomic E-state index is -10.0. The van der Waals surface area contributed by atoms with E-state index in [1.54, 1.807) is 0 Å². The zero-order valence-electron chi connectivity index (χ0n) is 17.9. The number of nitrogens with zero attached hydrogens (tertiary/aromatic N) is 3. The van der Waals surface area contributed by atoms with Crippen molar-refractivity contribution in [3.05, 3.63) is 36.0 Å². The molecule has 2 atom stereocenters. The van der Waals surface area contributed by atoms with Crippen LogP contribution in [0.3, 0.4) is 0 Å². The summed E-state index contributed by atoms with van der Waals surface area (Å²) in [5.74, 6) is -2.66. The van der Waals surface area contributed by atoms with Crippen LogP contribution in [0.5, 0.6) is 0 Å². The van der Waals surface area contributed by atoms with Crippen LogP contribution in [0.4, 0.5) is 45.7 Å². The minimum absolute atomic E-state index is 0.0301. The summed E-state index contributed by atoms with van der Waals surface area (Å²) in [7, 11) is -10.0. The van der Waals surface area contributed by atoms with Crippen LogP contribution >= 0.6 is 10.2 Å². The Morgan fingerprint density at radius 2 is 1.82 bits per heavy atom. The number of hydrogen-bond donors (Lipinski definition) is 2. The van der Waals surface area contributed by atoms with Gasteiger partial charge in [0.2, 0.25) is 5.95 Å². The minimum Gasteiger partial charge on any atom is -0.365 e. The number of nitrogens with one attached hydrogen (secondary N) is 2. The Morgan fingerprint density at radius 3 is 2.52 bits per heavy atom. The van der Waals surface area contributed by atoms with Gasteiger partial charge < -0.3 is 10.6 Å². The summed E-state index contributed by atoms with van der Waals surface area (Å²) in [4.78, 5) is 7.69. The Hall–Kier alpha value is -2.28. The molecule has 5 nitrogen and oxygen atoms in total. The molecule has 0 bridgehead atoms. The molecule has 2 fully saturated rings. The summed E-state index contributed by atoms with van der Waals surface area (Å²) < 4.78 is 93.9. The van der Waals surface area contributed by atoms with Gasteiger partial charge in [0.05, 0.1) is 11.9 Å². The topological polar surface area (TPSA) is 53.1 Å². The van der Waals surface area contributed by atoms with Gasteiger partial charge in [0, 0.05) is 17.6 Å². The number of halogens is 7. The van der Waals surface area contributed by atoms with E-state index in [1.165, 1.54) is 0 Å². The summed E-state index contributed by atoms with van der Waals surface area (Å²) in [6.07, 6.45) is 4.36. The van der Waals surface area contributed by atoms with Crippen LogP contribution in [0.15, 0.2) is 29.3 Å². The van der Waals surface area contributed by atoms with Gasteiger partial charge in [-0.3, -0.25) is 4.90 Å². The highest BCUT2D eigenvalue weighted by Crippen LogP contribution is 3.02. The standard InChI is InChI=1S/C20H24F7N5S/c1-20(2)10-12(8-13-4-3-7-32(13)20)29-18-16(22)11-28-19(31-18)30-17-9-14(5-6-15(17)21)33(23,24,25,26)27/h5-6,9,11-13H,3-4,7-8,10H2,1-2H3,(H2,28,29,30,31)/t12-,13+/m1/s1.